The second kappa shape index (κ2) is 41.2. The summed E-state index contributed by atoms with van der Waals surface area (Å²) in [5.74, 6) is -0.144. The van der Waals surface area contributed by atoms with Crippen molar-refractivity contribution >= 4 is 5.91 Å². The summed E-state index contributed by atoms with van der Waals surface area (Å²) in [6.45, 7) is 3.79. The second-order valence-corrected chi connectivity index (χ2v) is 18.3. The highest BCUT2D eigenvalue weighted by molar-refractivity contribution is 5.76. The number of unbranched alkanes of at least 4 members (excludes halogenated alkanes) is 34. The van der Waals surface area contributed by atoms with Crippen LogP contribution in [0.2, 0.25) is 0 Å². The van der Waals surface area contributed by atoms with Crippen LogP contribution in [-0.2, 0) is 14.3 Å². The molecule has 0 bridgehead atoms. The lowest BCUT2D eigenvalue weighted by Crippen LogP contribution is -2.60. The van der Waals surface area contributed by atoms with E-state index in [9.17, 15) is 30.3 Å². The third-order valence-electron chi connectivity index (χ3n) is 12.7. The fourth-order valence-corrected chi connectivity index (χ4v) is 8.58. The van der Waals surface area contributed by atoms with E-state index in [-0.39, 0.29) is 12.5 Å². The van der Waals surface area contributed by atoms with Crippen LogP contribution in [0.5, 0.6) is 0 Å². The Bertz CT molecular complexity index is 893. The molecule has 0 spiro atoms. The van der Waals surface area contributed by atoms with E-state index in [1.807, 2.05) is 0 Å². The van der Waals surface area contributed by atoms with Crippen molar-refractivity contribution in [2.45, 2.75) is 301 Å². The van der Waals surface area contributed by atoms with Crippen LogP contribution in [0.15, 0.2) is 0 Å². The van der Waals surface area contributed by atoms with Crippen molar-refractivity contribution in [1.29, 1.82) is 0 Å². The van der Waals surface area contributed by atoms with E-state index >= 15 is 0 Å². The van der Waals surface area contributed by atoms with Gasteiger partial charge in [0.05, 0.1) is 25.4 Å². The smallest absolute Gasteiger partial charge is 0.220 e. The van der Waals surface area contributed by atoms with Gasteiger partial charge in [0.15, 0.2) is 6.29 Å². The van der Waals surface area contributed by atoms with Crippen molar-refractivity contribution in [2.75, 3.05) is 13.2 Å². The summed E-state index contributed by atoms with van der Waals surface area (Å²) in [5.41, 5.74) is 0. The second-order valence-electron chi connectivity index (χ2n) is 18.3. The van der Waals surface area contributed by atoms with Crippen LogP contribution >= 0.6 is 0 Å². The van der Waals surface area contributed by atoms with Crippen LogP contribution in [0, 0.1) is 0 Å². The van der Waals surface area contributed by atoms with E-state index in [2.05, 4.69) is 19.2 Å². The molecule has 1 rings (SSSR count). The van der Waals surface area contributed by atoms with Crippen molar-refractivity contribution in [2.24, 2.45) is 0 Å². The number of carbonyl (C=O) groups excluding carboxylic acids is 1. The summed E-state index contributed by atoms with van der Waals surface area (Å²) < 4.78 is 11.2. The minimum Gasteiger partial charge on any atom is -0.394 e. The van der Waals surface area contributed by atoms with E-state index in [4.69, 9.17) is 9.47 Å². The standard InChI is InChI=1S/C50H99NO8/c1-3-5-7-9-11-12-13-14-15-16-17-18-19-20-21-22-23-24-25-26-27-28-29-30-31-32-33-34-36-38-40-46(54)51-43(44(53)39-37-35-10-8-6-4-2)42-58-50-49(57)48(56)47(55)45(41-52)59-50/h43-45,47-50,52-53,55-57H,3-42H2,1-2H3,(H,51,54). The van der Waals surface area contributed by atoms with Gasteiger partial charge in [-0.25, -0.2) is 0 Å². The molecule has 1 amide bonds. The maximum atomic E-state index is 12.9. The van der Waals surface area contributed by atoms with Crippen molar-refractivity contribution in [3.8, 4) is 0 Å². The Morgan fingerprint density at radius 2 is 0.847 bits per heavy atom. The highest BCUT2D eigenvalue weighted by atomic mass is 16.7. The van der Waals surface area contributed by atoms with Gasteiger partial charge in [-0.2, -0.15) is 0 Å². The average molecular weight is 842 g/mol. The van der Waals surface area contributed by atoms with Crippen LogP contribution in [-0.4, -0.2) is 87.5 Å². The highest BCUT2D eigenvalue weighted by Gasteiger charge is 2.44. The predicted molar refractivity (Wildman–Crippen MR) is 244 cm³/mol. The fraction of sp³-hybridized carbons (Fsp3) is 0.980. The number of aliphatic hydroxyl groups excluding tert-OH is 5. The van der Waals surface area contributed by atoms with Gasteiger partial charge in [-0.3, -0.25) is 4.79 Å². The summed E-state index contributed by atoms with van der Waals surface area (Å²) in [6.07, 6.45) is 40.4. The normalized spacial score (nSPS) is 20.6. The van der Waals surface area contributed by atoms with Crippen LogP contribution < -0.4 is 5.32 Å². The van der Waals surface area contributed by atoms with Crippen molar-refractivity contribution < 1.29 is 39.8 Å². The summed E-state index contributed by atoms with van der Waals surface area (Å²) >= 11 is 0. The van der Waals surface area contributed by atoms with Gasteiger partial charge in [-0.1, -0.05) is 239 Å². The fourth-order valence-electron chi connectivity index (χ4n) is 8.58. The van der Waals surface area contributed by atoms with Gasteiger partial charge >= 0.3 is 0 Å². The largest absolute Gasteiger partial charge is 0.394 e. The lowest BCUT2D eigenvalue weighted by atomic mass is 9.99. The first kappa shape index (κ1) is 56.2. The molecule has 1 saturated heterocycles. The molecule has 0 aromatic carbocycles. The third-order valence-corrected chi connectivity index (χ3v) is 12.7. The van der Waals surface area contributed by atoms with Crippen molar-refractivity contribution in [3.05, 3.63) is 0 Å². The highest BCUT2D eigenvalue weighted by Crippen LogP contribution is 2.23. The lowest BCUT2D eigenvalue weighted by Gasteiger charge is -2.40. The zero-order chi connectivity index (χ0) is 43.0. The van der Waals surface area contributed by atoms with E-state index in [1.54, 1.807) is 0 Å². The number of rotatable bonds is 44. The summed E-state index contributed by atoms with van der Waals surface area (Å²) in [5, 5.41) is 54.0. The number of hydrogen-bond acceptors (Lipinski definition) is 8. The minimum atomic E-state index is -1.55. The van der Waals surface area contributed by atoms with Gasteiger partial charge < -0.3 is 40.3 Å². The molecule has 59 heavy (non-hydrogen) atoms. The maximum Gasteiger partial charge on any atom is 0.220 e. The van der Waals surface area contributed by atoms with E-state index in [1.165, 1.54) is 193 Å². The molecule has 0 radical (unpaired) electrons. The molecule has 0 aromatic heterocycles. The van der Waals surface area contributed by atoms with Gasteiger partial charge in [-0.15, -0.1) is 0 Å². The van der Waals surface area contributed by atoms with E-state index in [0.29, 0.717) is 12.8 Å². The molecule has 1 aliphatic rings. The zero-order valence-electron chi connectivity index (χ0n) is 38.8. The molecule has 9 heteroatoms. The summed E-state index contributed by atoms with van der Waals surface area (Å²) in [7, 11) is 0. The lowest BCUT2D eigenvalue weighted by molar-refractivity contribution is -0.302. The van der Waals surface area contributed by atoms with Gasteiger partial charge in [-0.05, 0) is 12.8 Å². The zero-order valence-corrected chi connectivity index (χ0v) is 38.8. The number of aliphatic hydroxyl groups is 5. The molecule has 9 nitrogen and oxygen atoms in total. The van der Waals surface area contributed by atoms with E-state index in [0.717, 1.165) is 38.5 Å². The Morgan fingerprint density at radius 3 is 1.20 bits per heavy atom. The van der Waals surface area contributed by atoms with Gasteiger partial charge in [0.1, 0.15) is 24.4 Å². The molecule has 0 saturated carbocycles. The Morgan fingerprint density at radius 1 is 0.508 bits per heavy atom. The Balaban J connectivity index is 2.02. The predicted octanol–water partition coefficient (Wildman–Crippen LogP) is 11.5. The first-order chi connectivity index (χ1) is 28.8. The topological polar surface area (TPSA) is 149 Å². The van der Waals surface area contributed by atoms with Gasteiger partial charge in [0.2, 0.25) is 5.91 Å². The number of amides is 1. The molecule has 7 atom stereocenters. The molecule has 1 heterocycles. The van der Waals surface area contributed by atoms with Gasteiger partial charge in [0.25, 0.3) is 0 Å². The van der Waals surface area contributed by atoms with Gasteiger partial charge in [0, 0.05) is 6.42 Å². The first-order valence-corrected chi connectivity index (χ1v) is 25.7. The number of ether oxygens (including phenoxy) is 2. The Hall–Kier alpha value is -0.810. The average Bonchev–Trinajstić information content (AvgIpc) is 3.23. The van der Waals surface area contributed by atoms with Crippen LogP contribution in [0.1, 0.15) is 258 Å². The van der Waals surface area contributed by atoms with E-state index < -0.39 is 49.5 Å². The SMILES string of the molecule is CCCCCCCCCCCCCCCCCCCCCCCCCCCCCCCCC(=O)NC(COC1OC(CO)C(O)C(O)C1O)C(O)CCCCCCCC. The maximum absolute atomic E-state index is 12.9. The number of hydrogen-bond donors (Lipinski definition) is 6. The summed E-state index contributed by atoms with van der Waals surface area (Å²) in [6, 6.07) is -0.709. The molecule has 352 valence electrons. The minimum absolute atomic E-state index is 0.134. The number of carbonyl (C=O) groups is 1. The number of nitrogens with one attached hydrogen (secondary N) is 1. The monoisotopic (exact) mass is 842 g/mol. The molecule has 1 fully saturated rings. The molecule has 0 aliphatic carbocycles. The van der Waals surface area contributed by atoms with Crippen LogP contribution in [0.3, 0.4) is 0 Å². The molecule has 0 aromatic rings. The van der Waals surface area contributed by atoms with Crippen molar-refractivity contribution in [1.82, 2.24) is 5.32 Å². The first-order valence-electron chi connectivity index (χ1n) is 25.7. The quantitative estimate of drug-likeness (QED) is 0.0332. The Labute approximate surface area is 364 Å². The molecular weight excluding hydrogens is 743 g/mol. The van der Waals surface area contributed by atoms with Crippen molar-refractivity contribution in [3.63, 3.8) is 0 Å². The third kappa shape index (κ3) is 31.6. The molecule has 6 N–H and O–H groups in total. The molecule has 1 aliphatic heterocycles. The Kier molecular flexibility index (Phi) is 39.3. The molecular formula is C50H99NO8. The van der Waals surface area contributed by atoms with Crippen LogP contribution in [0.25, 0.3) is 0 Å². The molecule has 7 unspecified atom stereocenters. The van der Waals surface area contributed by atoms with Crippen LogP contribution in [0.4, 0.5) is 0 Å². The summed E-state index contributed by atoms with van der Waals surface area (Å²) in [4.78, 5) is 12.9.